The molecule has 0 aromatic heterocycles. The monoisotopic (exact) mass is 335 g/mol. The third-order valence-corrected chi connectivity index (χ3v) is 5.55. The number of hydrogen-bond donors (Lipinski definition) is 1. The molecule has 1 saturated carbocycles. The Hall–Kier alpha value is -0.330. The molecular formula is C15H20F3NS2. The quantitative estimate of drug-likeness (QED) is 0.755. The van der Waals surface area contributed by atoms with E-state index in [9.17, 15) is 13.2 Å². The maximum Gasteiger partial charge on any atom is 0.446 e. The Bertz CT molecular complexity index is 434. The molecular weight excluding hydrogens is 315 g/mol. The van der Waals surface area contributed by atoms with Gasteiger partial charge in [0.15, 0.2) is 0 Å². The van der Waals surface area contributed by atoms with Crippen LogP contribution in [0.5, 0.6) is 0 Å². The van der Waals surface area contributed by atoms with E-state index in [-0.39, 0.29) is 16.7 Å². The lowest BCUT2D eigenvalue weighted by Crippen LogP contribution is -2.34. The Morgan fingerprint density at radius 2 is 1.90 bits per heavy atom. The predicted octanol–water partition coefficient (Wildman–Crippen LogP) is 5.06. The molecule has 118 valence electrons. The van der Waals surface area contributed by atoms with E-state index in [0.717, 1.165) is 17.4 Å². The van der Waals surface area contributed by atoms with Crippen LogP contribution in [0.2, 0.25) is 0 Å². The van der Waals surface area contributed by atoms with Crippen LogP contribution in [0.3, 0.4) is 0 Å². The third-order valence-electron chi connectivity index (χ3n) is 3.71. The van der Waals surface area contributed by atoms with E-state index in [1.807, 2.05) is 11.8 Å². The number of nitrogens with one attached hydrogen (secondary N) is 1. The number of benzene rings is 1. The molecule has 1 N–H and O–H groups in total. The van der Waals surface area contributed by atoms with Gasteiger partial charge in [0.2, 0.25) is 0 Å². The lowest BCUT2D eigenvalue weighted by atomic mass is 9.95. The van der Waals surface area contributed by atoms with Crippen LogP contribution < -0.4 is 5.32 Å². The van der Waals surface area contributed by atoms with Gasteiger partial charge in [0, 0.05) is 22.7 Å². The van der Waals surface area contributed by atoms with E-state index >= 15 is 0 Å². The largest absolute Gasteiger partial charge is 0.446 e. The van der Waals surface area contributed by atoms with Gasteiger partial charge in [-0.25, -0.2) is 0 Å². The van der Waals surface area contributed by atoms with E-state index in [2.05, 4.69) is 11.6 Å². The molecule has 0 bridgehead atoms. The molecule has 2 rings (SSSR count). The first-order valence-corrected chi connectivity index (χ1v) is 9.17. The lowest BCUT2D eigenvalue weighted by molar-refractivity contribution is -0.0328. The van der Waals surface area contributed by atoms with E-state index in [1.165, 1.54) is 25.7 Å². The van der Waals surface area contributed by atoms with Crippen molar-refractivity contribution >= 4 is 23.5 Å². The summed E-state index contributed by atoms with van der Waals surface area (Å²) in [4.78, 5) is 0.242. The average Bonchev–Trinajstić information content (AvgIpc) is 2.45. The number of halogens is 3. The highest BCUT2D eigenvalue weighted by atomic mass is 32.2. The average molecular weight is 335 g/mol. The maximum atomic E-state index is 12.3. The van der Waals surface area contributed by atoms with Gasteiger partial charge in [0.25, 0.3) is 0 Å². The van der Waals surface area contributed by atoms with Crippen molar-refractivity contribution in [1.29, 1.82) is 0 Å². The highest BCUT2D eigenvalue weighted by Crippen LogP contribution is 2.36. The fourth-order valence-electron chi connectivity index (χ4n) is 2.62. The van der Waals surface area contributed by atoms with Crippen molar-refractivity contribution in [2.75, 3.05) is 6.26 Å². The van der Waals surface area contributed by atoms with Crippen LogP contribution >= 0.6 is 23.5 Å². The molecule has 2 unspecified atom stereocenters. The molecule has 0 spiro atoms. The van der Waals surface area contributed by atoms with Crippen LogP contribution in [0.15, 0.2) is 29.2 Å². The molecule has 0 heterocycles. The van der Waals surface area contributed by atoms with Crippen LogP contribution in [0.25, 0.3) is 0 Å². The van der Waals surface area contributed by atoms with Crippen molar-refractivity contribution in [2.24, 2.45) is 0 Å². The lowest BCUT2D eigenvalue weighted by Gasteiger charge is -2.28. The molecule has 1 aromatic carbocycles. The summed E-state index contributed by atoms with van der Waals surface area (Å²) in [6, 6.07) is 7.16. The van der Waals surface area contributed by atoms with Gasteiger partial charge in [-0.2, -0.15) is 24.9 Å². The fourth-order valence-corrected chi connectivity index (χ4v) is 3.98. The molecule has 6 heteroatoms. The van der Waals surface area contributed by atoms with Crippen molar-refractivity contribution in [3.63, 3.8) is 0 Å². The molecule has 0 amide bonds. The summed E-state index contributed by atoms with van der Waals surface area (Å²) >= 11 is 1.86. The Balaban J connectivity index is 1.81. The Morgan fingerprint density at radius 1 is 1.19 bits per heavy atom. The molecule has 1 aliphatic carbocycles. The summed E-state index contributed by atoms with van der Waals surface area (Å²) in [5, 5.41) is 4.27. The second-order valence-electron chi connectivity index (χ2n) is 5.29. The molecule has 0 radical (unpaired) electrons. The van der Waals surface area contributed by atoms with Gasteiger partial charge in [-0.15, -0.1) is 0 Å². The zero-order chi connectivity index (χ0) is 15.3. The summed E-state index contributed by atoms with van der Waals surface area (Å²) in [6.45, 7) is 0.725. The molecule has 1 aromatic rings. The molecule has 1 nitrogen and oxygen atoms in total. The summed E-state index contributed by atoms with van der Waals surface area (Å²) < 4.78 is 36.8. The summed E-state index contributed by atoms with van der Waals surface area (Å²) in [5.74, 6) is 0. The van der Waals surface area contributed by atoms with Crippen molar-refractivity contribution < 1.29 is 13.2 Å². The zero-order valence-electron chi connectivity index (χ0n) is 12.0. The minimum absolute atomic E-state index is 0.0643. The Kier molecular flexibility index (Phi) is 6.32. The van der Waals surface area contributed by atoms with E-state index < -0.39 is 5.51 Å². The van der Waals surface area contributed by atoms with Crippen molar-refractivity contribution in [1.82, 2.24) is 5.32 Å². The van der Waals surface area contributed by atoms with Gasteiger partial charge in [0.1, 0.15) is 0 Å². The second kappa shape index (κ2) is 7.79. The number of alkyl halides is 3. The summed E-state index contributed by atoms with van der Waals surface area (Å²) in [5.41, 5.74) is -3.18. The van der Waals surface area contributed by atoms with Gasteiger partial charge in [-0.1, -0.05) is 18.6 Å². The summed E-state index contributed by atoms with van der Waals surface area (Å²) in [6.07, 6.45) is 7.08. The van der Waals surface area contributed by atoms with Crippen LogP contribution in [0, 0.1) is 0 Å². The van der Waals surface area contributed by atoms with Crippen molar-refractivity contribution in [3.05, 3.63) is 29.8 Å². The highest BCUT2D eigenvalue weighted by Gasteiger charge is 2.29. The standard InChI is InChI=1S/C15H20F3NS2/c1-20-14-4-2-3-12(9-14)19-10-11-5-7-13(8-6-11)21-15(16,17)18/h5-8,12,14,19H,2-4,9-10H2,1H3. The van der Waals surface area contributed by atoms with Crippen LogP contribution in [-0.4, -0.2) is 23.1 Å². The molecule has 0 aliphatic heterocycles. The molecule has 2 atom stereocenters. The predicted molar refractivity (Wildman–Crippen MR) is 84.8 cm³/mol. The number of rotatable bonds is 5. The number of thioether (sulfide) groups is 2. The van der Waals surface area contributed by atoms with E-state index in [1.54, 1.807) is 24.3 Å². The zero-order valence-corrected chi connectivity index (χ0v) is 13.6. The van der Waals surface area contributed by atoms with Gasteiger partial charge in [0.05, 0.1) is 0 Å². The first-order valence-electron chi connectivity index (χ1n) is 7.07. The first kappa shape index (κ1) is 17.0. The minimum Gasteiger partial charge on any atom is -0.310 e. The summed E-state index contributed by atoms with van der Waals surface area (Å²) in [7, 11) is 0. The molecule has 1 aliphatic rings. The maximum absolute atomic E-state index is 12.3. The molecule has 21 heavy (non-hydrogen) atoms. The second-order valence-corrected chi connectivity index (χ2v) is 7.57. The molecule has 1 fully saturated rings. The highest BCUT2D eigenvalue weighted by molar-refractivity contribution is 8.00. The van der Waals surface area contributed by atoms with Crippen LogP contribution in [0.4, 0.5) is 13.2 Å². The fraction of sp³-hybridized carbons (Fsp3) is 0.600. The number of hydrogen-bond acceptors (Lipinski definition) is 3. The SMILES string of the molecule is CSC1CCCC(NCc2ccc(SC(F)(F)F)cc2)C1. The van der Waals surface area contributed by atoms with Crippen LogP contribution in [-0.2, 0) is 6.54 Å². The first-order chi connectivity index (χ1) is 9.96. The van der Waals surface area contributed by atoms with Gasteiger partial charge in [-0.3, -0.25) is 0 Å². The van der Waals surface area contributed by atoms with Gasteiger partial charge < -0.3 is 5.32 Å². The van der Waals surface area contributed by atoms with Crippen molar-refractivity contribution in [3.8, 4) is 0 Å². The van der Waals surface area contributed by atoms with E-state index in [4.69, 9.17) is 0 Å². The van der Waals surface area contributed by atoms with Gasteiger partial charge >= 0.3 is 5.51 Å². The minimum atomic E-state index is -4.21. The third kappa shape index (κ3) is 6.12. The Labute approximate surface area is 132 Å². The normalized spacial score (nSPS) is 23.2. The Morgan fingerprint density at radius 3 is 2.52 bits per heavy atom. The smallest absolute Gasteiger partial charge is 0.310 e. The van der Waals surface area contributed by atoms with Crippen molar-refractivity contribution in [2.45, 2.75) is 53.9 Å². The van der Waals surface area contributed by atoms with Gasteiger partial charge in [-0.05, 0) is 55.0 Å². The van der Waals surface area contributed by atoms with Crippen LogP contribution in [0.1, 0.15) is 31.2 Å². The topological polar surface area (TPSA) is 12.0 Å². The van der Waals surface area contributed by atoms with E-state index in [0.29, 0.717) is 6.04 Å². The molecule has 0 saturated heterocycles.